The Morgan fingerprint density at radius 2 is 2.00 bits per heavy atom. The summed E-state index contributed by atoms with van der Waals surface area (Å²) in [6.45, 7) is 2.69. The Balaban J connectivity index is 1.62. The van der Waals surface area contributed by atoms with Crippen molar-refractivity contribution in [3.05, 3.63) is 59.7 Å². The van der Waals surface area contributed by atoms with Gasteiger partial charge in [-0.25, -0.2) is 0 Å². The van der Waals surface area contributed by atoms with Crippen LogP contribution in [-0.4, -0.2) is 30.4 Å². The van der Waals surface area contributed by atoms with Crippen LogP contribution in [0, 0.1) is 12.8 Å². The maximum absolute atomic E-state index is 12.5. The zero-order chi connectivity index (χ0) is 17.8. The highest BCUT2D eigenvalue weighted by atomic mass is 16.5. The summed E-state index contributed by atoms with van der Waals surface area (Å²) in [5, 5.41) is 2.86. The highest BCUT2D eigenvalue weighted by Crippen LogP contribution is 2.29. The van der Waals surface area contributed by atoms with Gasteiger partial charge < -0.3 is 15.0 Å². The number of rotatable bonds is 4. The van der Waals surface area contributed by atoms with Crippen LogP contribution in [0.5, 0.6) is 5.75 Å². The summed E-state index contributed by atoms with van der Waals surface area (Å²) in [5.74, 6) is -0.0989. The number of benzene rings is 2. The molecule has 2 amide bonds. The summed E-state index contributed by atoms with van der Waals surface area (Å²) >= 11 is 0. The quantitative estimate of drug-likeness (QED) is 0.932. The van der Waals surface area contributed by atoms with Crippen molar-refractivity contribution in [2.45, 2.75) is 19.9 Å². The molecule has 5 heteroatoms. The van der Waals surface area contributed by atoms with Crippen molar-refractivity contribution in [3.63, 3.8) is 0 Å². The van der Waals surface area contributed by atoms with Gasteiger partial charge in [-0.05, 0) is 30.2 Å². The fourth-order valence-corrected chi connectivity index (χ4v) is 2.82. The first-order chi connectivity index (χ1) is 12.0. The molecule has 1 atom stereocenters. The predicted octanol–water partition coefficient (Wildman–Crippen LogP) is 2.99. The van der Waals surface area contributed by atoms with Gasteiger partial charge in [-0.15, -0.1) is 0 Å². The minimum atomic E-state index is -0.501. The molecular formula is C20H22N2O3. The number of nitrogens with zero attached hydrogens (tertiary/aromatic N) is 1. The van der Waals surface area contributed by atoms with E-state index in [-0.39, 0.29) is 24.8 Å². The summed E-state index contributed by atoms with van der Waals surface area (Å²) in [7, 11) is 1.75. The molecule has 1 unspecified atom stereocenters. The van der Waals surface area contributed by atoms with Gasteiger partial charge in [0.1, 0.15) is 12.4 Å². The number of nitrogens with one attached hydrogen (secondary N) is 1. The molecule has 0 spiro atoms. The molecule has 0 fully saturated rings. The van der Waals surface area contributed by atoms with Gasteiger partial charge in [0.15, 0.2) is 0 Å². The SMILES string of the molecule is Cc1ccc2c(c1)OCC(CC(=O)N(C)Cc1ccccc1)C(=O)N2. The lowest BCUT2D eigenvalue weighted by atomic mass is 10.0. The lowest BCUT2D eigenvalue weighted by Gasteiger charge is -2.20. The number of ether oxygens (including phenoxy) is 1. The molecule has 0 aromatic heterocycles. The molecule has 0 radical (unpaired) electrons. The van der Waals surface area contributed by atoms with Crippen molar-refractivity contribution in [2.24, 2.45) is 5.92 Å². The fraction of sp³-hybridized carbons (Fsp3) is 0.300. The number of fused-ring (bicyclic) bond motifs is 1. The summed E-state index contributed by atoms with van der Waals surface area (Å²) in [5.41, 5.74) is 2.77. The zero-order valence-electron chi connectivity index (χ0n) is 14.5. The van der Waals surface area contributed by atoms with Crippen LogP contribution in [0.3, 0.4) is 0 Å². The number of hydrogen-bond acceptors (Lipinski definition) is 3. The molecular weight excluding hydrogens is 316 g/mol. The molecule has 130 valence electrons. The third kappa shape index (κ3) is 4.18. The molecule has 0 aliphatic carbocycles. The van der Waals surface area contributed by atoms with Gasteiger partial charge in [-0.3, -0.25) is 9.59 Å². The first-order valence-electron chi connectivity index (χ1n) is 8.35. The van der Waals surface area contributed by atoms with Crippen LogP contribution in [0.15, 0.2) is 48.5 Å². The predicted molar refractivity (Wildman–Crippen MR) is 96.3 cm³/mol. The summed E-state index contributed by atoms with van der Waals surface area (Å²) in [6.07, 6.45) is 0.127. The largest absolute Gasteiger partial charge is 0.491 e. The molecule has 25 heavy (non-hydrogen) atoms. The standard InChI is InChI=1S/C20H22N2O3/c1-14-8-9-17-18(10-14)25-13-16(20(24)21-17)11-19(23)22(2)12-15-6-4-3-5-7-15/h3-10,16H,11-13H2,1-2H3,(H,21,24). The van der Waals surface area contributed by atoms with Gasteiger partial charge in [0.2, 0.25) is 11.8 Å². The van der Waals surface area contributed by atoms with E-state index in [1.165, 1.54) is 0 Å². The van der Waals surface area contributed by atoms with E-state index in [9.17, 15) is 9.59 Å². The van der Waals surface area contributed by atoms with Crippen LogP contribution in [0.2, 0.25) is 0 Å². The molecule has 2 aromatic carbocycles. The van der Waals surface area contributed by atoms with Gasteiger partial charge >= 0.3 is 0 Å². The Labute approximate surface area is 147 Å². The molecule has 3 rings (SSSR count). The summed E-state index contributed by atoms with van der Waals surface area (Å²) < 4.78 is 5.76. The van der Waals surface area contributed by atoms with Gasteiger partial charge in [0.25, 0.3) is 0 Å². The maximum atomic E-state index is 12.5. The van der Waals surface area contributed by atoms with Crippen molar-refractivity contribution < 1.29 is 14.3 Å². The first kappa shape index (κ1) is 17.0. The highest BCUT2D eigenvalue weighted by molar-refractivity contribution is 5.97. The van der Waals surface area contributed by atoms with E-state index in [4.69, 9.17) is 4.74 Å². The van der Waals surface area contributed by atoms with Gasteiger partial charge in [-0.1, -0.05) is 36.4 Å². The van der Waals surface area contributed by atoms with E-state index in [0.29, 0.717) is 18.0 Å². The lowest BCUT2D eigenvalue weighted by molar-refractivity contribution is -0.134. The number of carbonyl (C=O) groups excluding carboxylic acids is 2. The van der Waals surface area contributed by atoms with Crippen LogP contribution in [0.1, 0.15) is 17.5 Å². The number of aryl methyl sites for hydroxylation is 1. The first-order valence-corrected chi connectivity index (χ1v) is 8.35. The van der Waals surface area contributed by atoms with Crippen molar-refractivity contribution in [3.8, 4) is 5.75 Å². The smallest absolute Gasteiger partial charge is 0.231 e. The molecule has 0 saturated carbocycles. The van der Waals surface area contributed by atoms with Gasteiger partial charge in [0.05, 0.1) is 11.6 Å². The van der Waals surface area contributed by atoms with Crippen molar-refractivity contribution in [2.75, 3.05) is 19.0 Å². The zero-order valence-corrected chi connectivity index (χ0v) is 14.5. The van der Waals surface area contributed by atoms with E-state index in [2.05, 4.69) is 5.32 Å². The normalized spacial score (nSPS) is 16.2. The average molecular weight is 338 g/mol. The van der Waals surface area contributed by atoms with Crippen LogP contribution in [-0.2, 0) is 16.1 Å². The topological polar surface area (TPSA) is 58.6 Å². The molecule has 1 heterocycles. The summed E-state index contributed by atoms with van der Waals surface area (Å²) in [4.78, 5) is 26.6. The van der Waals surface area contributed by atoms with Crippen molar-refractivity contribution in [1.29, 1.82) is 0 Å². The molecule has 2 aromatic rings. The molecule has 0 bridgehead atoms. The van der Waals surface area contributed by atoms with Crippen molar-refractivity contribution >= 4 is 17.5 Å². The average Bonchev–Trinajstić information content (AvgIpc) is 2.75. The van der Waals surface area contributed by atoms with Crippen LogP contribution < -0.4 is 10.1 Å². The van der Waals surface area contributed by atoms with E-state index in [1.807, 2.05) is 55.5 Å². The summed E-state index contributed by atoms with van der Waals surface area (Å²) in [6, 6.07) is 15.4. The highest BCUT2D eigenvalue weighted by Gasteiger charge is 2.28. The monoisotopic (exact) mass is 338 g/mol. The number of hydrogen-bond donors (Lipinski definition) is 1. The Hall–Kier alpha value is -2.82. The van der Waals surface area contributed by atoms with Gasteiger partial charge in [0, 0.05) is 20.0 Å². The molecule has 5 nitrogen and oxygen atoms in total. The number of anilines is 1. The van der Waals surface area contributed by atoms with Crippen molar-refractivity contribution in [1.82, 2.24) is 4.90 Å². The number of amides is 2. The van der Waals surface area contributed by atoms with E-state index >= 15 is 0 Å². The van der Waals surface area contributed by atoms with E-state index < -0.39 is 5.92 Å². The van der Waals surface area contributed by atoms with Crippen LogP contribution in [0.25, 0.3) is 0 Å². The minimum Gasteiger partial charge on any atom is -0.491 e. The second-order valence-corrected chi connectivity index (χ2v) is 6.44. The lowest BCUT2D eigenvalue weighted by Crippen LogP contribution is -2.33. The third-order valence-corrected chi connectivity index (χ3v) is 4.32. The molecule has 0 saturated heterocycles. The second-order valence-electron chi connectivity index (χ2n) is 6.44. The van der Waals surface area contributed by atoms with Crippen LogP contribution >= 0.6 is 0 Å². The fourth-order valence-electron chi connectivity index (χ4n) is 2.82. The Morgan fingerprint density at radius 3 is 2.76 bits per heavy atom. The van der Waals surface area contributed by atoms with E-state index in [0.717, 1.165) is 11.1 Å². The third-order valence-electron chi connectivity index (χ3n) is 4.32. The van der Waals surface area contributed by atoms with Crippen LogP contribution in [0.4, 0.5) is 5.69 Å². The van der Waals surface area contributed by atoms with Gasteiger partial charge in [-0.2, -0.15) is 0 Å². The molecule has 1 aliphatic rings. The molecule has 1 aliphatic heterocycles. The Kier molecular flexibility index (Phi) is 5.03. The Morgan fingerprint density at radius 1 is 1.24 bits per heavy atom. The minimum absolute atomic E-state index is 0.0743. The second kappa shape index (κ2) is 7.38. The van der Waals surface area contributed by atoms with E-state index in [1.54, 1.807) is 11.9 Å². The number of carbonyl (C=O) groups is 2. The molecule has 1 N–H and O–H groups in total. The Bertz CT molecular complexity index is 774. The maximum Gasteiger partial charge on any atom is 0.231 e.